The van der Waals surface area contributed by atoms with Gasteiger partial charge in [-0.3, -0.25) is 4.79 Å². The third-order valence-electron chi connectivity index (χ3n) is 3.69. The molecule has 1 N–H and O–H groups in total. The van der Waals surface area contributed by atoms with E-state index in [0.717, 1.165) is 12.0 Å². The average Bonchev–Trinajstić information content (AvgIpc) is 2.98. The fourth-order valence-corrected chi connectivity index (χ4v) is 2.27. The number of aromatic nitrogens is 2. The second kappa shape index (κ2) is 7.51. The monoisotopic (exact) mass is 335 g/mol. The highest BCUT2D eigenvalue weighted by atomic mass is 35.5. The van der Waals surface area contributed by atoms with Crippen molar-refractivity contribution in [2.45, 2.75) is 46.3 Å². The number of hydrogen-bond donors (Lipinski definition) is 1. The first kappa shape index (κ1) is 17.3. The van der Waals surface area contributed by atoms with Gasteiger partial charge in [0.25, 0.3) is 5.91 Å². The van der Waals surface area contributed by atoms with Crippen LogP contribution in [0.5, 0.6) is 5.75 Å². The third-order valence-corrected chi connectivity index (χ3v) is 4.00. The molecule has 0 saturated carbocycles. The quantitative estimate of drug-likeness (QED) is 0.859. The highest BCUT2D eigenvalue weighted by molar-refractivity contribution is 6.32. The molecule has 0 fully saturated rings. The number of anilines is 1. The molecule has 0 radical (unpaired) electrons. The van der Waals surface area contributed by atoms with Crippen LogP contribution in [-0.2, 0) is 4.79 Å². The Balaban J connectivity index is 2.06. The molecule has 2 atom stereocenters. The van der Waals surface area contributed by atoms with E-state index in [4.69, 9.17) is 16.3 Å². The minimum Gasteiger partial charge on any atom is -0.479 e. The van der Waals surface area contributed by atoms with Gasteiger partial charge in [-0.2, -0.15) is 5.10 Å². The highest BCUT2D eigenvalue weighted by Gasteiger charge is 2.19. The van der Waals surface area contributed by atoms with Crippen LogP contribution in [0.4, 0.5) is 5.82 Å². The van der Waals surface area contributed by atoms with Crippen LogP contribution < -0.4 is 10.1 Å². The zero-order valence-corrected chi connectivity index (χ0v) is 14.6. The molecule has 1 heterocycles. The molecular weight excluding hydrogens is 314 g/mol. The van der Waals surface area contributed by atoms with Crippen LogP contribution in [0.15, 0.2) is 30.5 Å². The van der Waals surface area contributed by atoms with Gasteiger partial charge in [-0.15, -0.1) is 0 Å². The topological polar surface area (TPSA) is 56.2 Å². The molecule has 23 heavy (non-hydrogen) atoms. The van der Waals surface area contributed by atoms with Gasteiger partial charge in [0.05, 0.1) is 17.3 Å². The number of aryl methyl sites for hydroxylation is 1. The molecule has 0 spiro atoms. The van der Waals surface area contributed by atoms with Gasteiger partial charge in [-0.25, -0.2) is 4.68 Å². The van der Waals surface area contributed by atoms with Crippen LogP contribution in [0.25, 0.3) is 0 Å². The maximum absolute atomic E-state index is 12.4. The van der Waals surface area contributed by atoms with E-state index in [9.17, 15) is 4.79 Å². The molecule has 0 aliphatic carbocycles. The standard InChI is InChI=1S/C17H22ClN3O2/c1-5-12(3)21-16(8-9-19-21)20-17(22)13(4)23-15-10-11(2)6-7-14(15)18/h6-10,12-13H,5H2,1-4H3,(H,20,22). The SMILES string of the molecule is CCC(C)n1nccc1NC(=O)C(C)Oc1cc(C)ccc1Cl. The van der Waals surface area contributed by atoms with Crippen molar-refractivity contribution >= 4 is 23.3 Å². The number of halogens is 1. The summed E-state index contributed by atoms with van der Waals surface area (Å²) in [5.74, 6) is 0.924. The average molecular weight is 336 g/mol. The summed E-state index contributed by atoms with van der Waals surface area (Å²) in [6, 6.07) is 7.45. The molecule has 1 amide bonds. The molecule has 2 rings (SSSR count). The second-order valence-electron chi connectivity index (χ2n) is 5.60. The second-order valence-corrected chi connectivity index (χ2v) is 6.01. The van der Waals surface area contributed by atoms with Gasteiger partial charge in [0, 0.05) is 6.07 Å². The van der Waals surface area contributed by atoms with Crippen LogP contribution in [0.2, 0.25) is 5.02 Å². The lowest BCUT2D eigenvalue weighted by Crippen LogP contribution is -2.31. The molecule has 0 aliphatic heterocycles. The number of nitrogens with one attached hydrogen (secondary N) is 1. The van der Waals surface area contributed by atoms with E-state index in [2.05, 4.69) is 24.3 Å². The minimum atomic E-state index is -0.672. The number of nitrogens with zero attached hydrogens (tertiary/aromatic N) is 2. The Labute approximate surface area is 141 Å². The minimum absolute atomic E-state index is 0.211. The summed E-state index contributed by atoms with van der Waals surface area (Å²) in [5.41, 5.74) is 1.02. The van der Waals surface area contributed by atoms with Crippen molar-refractivity contribution < 1.29 is 9.53 Å². The Bertz CT molecular complexity index is 684. The zero-order chi connectivity index (χ0) is 17.0. The first-order chi connectivity index (χ1) is 10.9. The van der Waals surface area contributed by atoms with Crippen molar-refractivity contribution in [1.29, 1.82) is 0 Å². The molecule has 2 aromatic rings. The van der Waals surface area contributed by atoms with Crippen LogP contribution in [-0.4, -0.2) is 21.8 Å². The van der Waals surface area contributed by atoms with E-state index in [1.165, 1.54) is 0 Å². The Morgan fingerprint density at radius 1 is 1.39 bits per heavy atom. The molecule has 1 aromatic heterocycles. The summed E-state index contributed by atoms with van der Waals surface area (Å²) < 4.78 is 7.49. The van der Waals surface area contributed by atoms with Crippen molar-refractivity contribution in [2.75, 3.05) is 5.32 Å². The number of hydrogen-bond acceptors (Lipinski definition) is 3. The lowest BCUT2D eigenvalue weighted by atomic mass is 10.2. The van der Waals surface area contributed by atoms with Crippen molar-refractivity contribution in [2.24, 2.45) is 0 Å². The largest absolute Gasteiger partial charge is 0.479 e. The van der Waals surface area contributed by atoms with Gasteiger partial charge >= 0.3 is 0 Å². The third kappa shape index (κ3) is 4.26. The Kier molecular flexibility index (Phi) is 5.66. The van der Waals surface area contributed by atoms with Crippen LogP contribution in [0, 0.1) is 6.92 Å². The molecule has 0 bridgehead atoms. The lowest BCUT2D eigenvalue weighted by molar-refractivity contribution is -0.122. The van der Waals surface area contributed by atoms with E-state index >= 15 is 0 Å². The molecule has 124 valence electrons. The van der Waals surface area contributed by atoms with E-state index in [-0.39, 0.29) is 11.9 Å². The van der Waals surface area contributed by atoms with Crippen molar-refractivity contribution in [1.82, 2.24) is 9.78 Å². The van der Waals surface area contributed by atoms with Crippen molar-refractivity contribution in [3.8, 4) is 5.75 Å². The lowest BCUT2D eigenvalue weighted by Gasteiger charge is -2.18. The molecule has 1 aromatic carbocycles. The molecule has 5 nitrogen and oxygen atoms in total. The number of carbonyl (C=O) groups excluding carboxylic acids is 1. The molecule has 6 heteroatoms. The van der Waals surface area contributed by atoms with Gasteiger partial charge in [-0.1, -0.05) is 24.6 Å². The summed E-state index contributed by atoms with van der Waals surface area (Å²) in [6.45, 7) is 7.76. The summed E-state index contributed by atoms with van der Waals surface area (Å²) in [5, 5.41) is 7.59. The molecule has 2 unspecified atom stereocenters. The smallest absolute Gasteiger partial charge is 0.266 e. The van der Waals surface area contributed by atoms with Crippen LogP contribution in [0.3, 0.4) is 0 Å². The maximum Gasteiger partial charge on any atom is 0.266 e. The van der Waals surface area contributed by atoms with E-state index < -0.39 is 6.10 Å². The summed E-state index contributed by atoms with van der Waals surface area (Å²) in [6.07, 6.45) is 1.93. The predicted molar refractivity (Wildman–Crippen MR) is 92.1 cm³/mol. The molecule has 0 aliphatic rings. The maximum atomic E-state index is 12.4. The number of amides is 1. The van der Waals surface area contributed by atoms with Gasteiger partial charge in [0.15, 0.2) is 6.10 Å². The fraction of sp³-hybridized carbons (Fsp3) is 0.412. The van der Waals surface area contributed by atoms with Crippen molar-refractivity contribution in [3.05, 3.63) is 41.0 Å². The Hall–Kier alpha value is -2.01. The normalized spacial score (nSPS) is 13.4. The van der Waals surface area contributed by atoms with Crippen LogP contribution in [0.1, 0.15) is 38.8 Å². The molecular formula is C17H22ClN3O2. The van der Waals surface area contributed by atoms with Gasteiger partial charge < -0.3 is 10.1 Å². The number of rotatable bonds is 6. The van der Waals surface area contributed by atoms with Gasteiger partial charge in [0.1, 0.15) is 11.6 Å². The fourth-order valence-electron chi connectivity index (χ4n) is 2.11. The molecule has 0 saturated heterocycles. The number of carbonyl (C=O) groups is 1. The van der Waals surface area contributed by atoms with Crippen LogP contribution >= 0.6 is 11.6 Å². The zero-order valence-electron chi connectivity index (χ0n) is 13.8. The number of benzene rings is 1. The number of ether oxygens (including phenoxy) is 1. The highest BCUT2D eigenvalue weighted by Crippen LogP contribution is 2.26. The van der Waals surface area contributed by atoms with Crippen molar-refractivity contribution in [3.63, 3.8) is 0 Å². The first-order valence-corrected chi connectivity index (χ1v) is 8.07. The summed E-state index contributed by atoms with van der Waals surface area (Å²) in [7, 11) is 0. The van der Waals surface area contributed by atoms with E-state index in [0.29, 0.717) is 16.6 Å². The van der Waals surface area contributed by atoms with E-state index in [1.54, 1.807) is 29.9 Å². The van der Waals surface area contributed by atoms with Gasteiger partial charge in [0.2, 0.25) is 0 Å². The van der Waals surface area contributed by atoms with Gasteiger partial charge in [-0.05, 0) is 44.9 Å². The summed E-state index contributed by atoms with van der Waals surface area (Å²) >= 11 is 6.10. The van der Waals surface area contributed by atoms with E-state index in [1.807, 2.05) is 19.1 Å². The Morgan fingerprint density at radius 3 is 2.83 bits per heavy atom. The predicted octanol–water partition coefficient (Wildman–Crippen LogP) is 4.22. The first-order valence-electron chi connectivity index (χ1n) is 7.69. The Morgan fingerprint density at radius 2 is 2.13 bits per heavy atom. The summed E-state index contributed by atoms with van der Waals surface area (Å²) in [4.78, 5) is 12.4.